The Hall–Kier alpha value is -1.63. The lowest BCUT2D eigenvalue weighted by Crippen LogP contribution is -2.31. The van der Waals surface area contributed by atoms with Crippen LogP contribution in [0.25, 0.3) is 11.6 Å². The van der Waals surface area contributed by atoms with E-state index < -0.39 is 0 Å². The molecule has 7 heteroatoms. The quantitative estimate of drug-likeness (QED) is 0.859. The van der Waals surface area contributed by atoms with E-state index in [0.29, 0.717) is 35.1 Å². The Morgan fingerprint density at radius 1 is 1.45 bits per heavy atom. The number of nitrogens with zero attached hydrogens (tertiary/aromatic N) is 3. The first kappa shape index (κ1) is 13.4. The number of amides is 1. The fraction of sp³-hybridized carbons (Fsp3) is 0.462. The van der Waals surface area contributed by atoms with Gasteiger partial charge in [-0.1, -0.05) is 5.16 Å². The van der Waals surface area contributed by atoms with Crippen LogP contribution in [-0.2, 0) is 4.79 Å². The van der Waals surface area contributed by atoms with E-state index in [0.717, 1.165) is 0 Å². The van der Waals surface area contributed by atoms with E-state index in [9.17, 15) is 4.79 Å². The zero-order valence-corrected chi connectivity index (χ0v) is 12.8. The summed E-state index contributed by atoms with van der Waals surface area (Å²) in [5, 5.41) is 3.91. The van der Waals surface area contributed by atoms with Crippen molar-refractivity contribution in [3.05, 3.63) is 22.7 Å². The van der Waals surface area contributed by atoms with Gasteiger partial charge in [0.15, 0.2) is 10.4 Å². The van der Waals surface area contributed by atoms with Crippen LogP contribution in [0.15, 0.2) is 25.7 Å². The van der Waals surface area contributed by atoms with Crippen LogP contribution in [0, 0.1) is 0 Å². The molecule has 3 heterocycles. The largest absolute Gasteiger partial charge is 0.446 e. The number of carbonyl (C=O) groups excluding carboxylic acids is 1. The zero-order valence-electron chi connectivity index (χ0n) is 11.2. The molecule has 1 fully saturated rings. The van der Waals surface area contributed by atoms with Crippen molar-refractivity contribution in [2.75, 3.05) is 6.54 Å². The average molecular weight is 340 g/mol. The Kier molecular flexibility index (Phi) is 3.37. The second kappa shape index (κ2) is 5.05. The van der Waals surface area contributed by atoms with Crippen LogP contribution < -0.4 is 0 Å². The minimum Gasteiger partial charge on any atom is -0.446 e. The molecule has 1 aliphatic heterocycles. The number of hydrogen-bond acceptors (Lipinski definition) is 5. The second-order valence-corrected chi connectivity index (χ2v) is 5.88. The molecular formula is C13H14BrN3O3. The van der Waals surface area contributed by atoms with Gasteiger partial charge in [-0.05, 0) is 41.9 Å². The molecule has 6 nitrogen and oxygen atoms in total. The fourth-order valence-electron chi connectivity index (χ4n) is 2.33. The van der Waals surface area contributed by atoms with Crippen LogP contribution in [-0.4, -0.2) is 33.5 Å². The Morgan fingerprint density at radius 2 is 2.25 bits per heavy atom. The summed E-state index contributed by atoms with van der Waals surface area (Å²) in [7, 11) is 0. The first-order chi connectivity index (χ1) is 9.54. The summed E-state index contributed by atoms with van der Waals surface area (Å²) in [6, 6.07) is 3.72. The van der Waals surface area contributed by atoms with Crippen molar-refractivity contribution in [1.82, 2.24) is 15.0 Å². The van der Waals surface area contributed by atoms with Crippen molar-refractivity contribution in [2.45, 2.75) is 32.2 Å². The molecule has 2 aromatic heterocycles. The van der Waals surface area contributed by atoms with Crippen LogP contribution >= 0.6 is 15.9 Å². The molecule has 0 bridgehead atoms. The molecule has 2 aromatic rings. The molecule has 1 atom stereocenters. The normalized spacial score (nSPS) is 19.3. The minimum atomic E-state index is -0.0375. The predicted octanol–water partition coefficient (Wildman–Crippen LogP) is 2.82. The maximum atomic E-state index is 11.9. The topological polar surface area (TPSA) is 72.4 Å². The predicted molar refractivity (Wildman–Crippen MR) is 73.9 cm³/mol. The molecular weight excluding hydrogens is 326 g/mol. The van der Waals surface area contributed by atoms with Crippen molar-refractivity contribution in [2.24, 2.45) is 0 Å². The summed E-state index contributed by atoms with van der Waals surface area (Å²) in [5.74, 6) is 1.53. The molecule has 0 aliphatic carbocycles. The molecule has 0 unspecified atom stereocenters. The van der Waals surface area contributed by atoms with Gasteiger partial charge in [0.25, 0.3) is 0 Å². The number of furan rings is 1. The highest BCUT2D eigenvalue weighted by Crippen LogP contribution is 2.30. The van der Waals surface area contributed by atoms with Crippen LogP contribution in [0.1, 0.15) is 32.1 Å². The van der Waals surface area contributed by atoms with Gasteiger partial charge in [-0.3, -0.25) is 4.79 Å². The van der Waals surface area contributed by atoms with E-state index in [1.54, 1.807) is 12.1 Å². The molecule has 106 valence electrons. The standard InChI is InChI=1S/C13H14BrN3O3/c1-7(2)17-6-8(5-11(17)18)13-15-12(16-20-13)9-3-4-10(14)19-9/h3-4,7-8H,5-6H2,1-2H3/t8-/m1/s1. The first-order valence-corrected chi connectivity index (χ1v) is 7.22. The van der Waals surface area contributed by atoms with Gasteiger partial charge in [0.2, 0.25) is 17.6 Å². The van der Waals surface area contributed by atoms with E-state index >= 15 is 0 Å². The number of hydrogen-bond donors (Lipinski definition) is 0. The summed E-state index contributed by atoms with van der Waals surface area (Å²) in [5.41, 5.74) is 0. The summed E-state index contributed by atoms with van der Waals surface area (Å²) >= 11 is 3.23. The Labute approximate surface area is 124 Å². The highest BCUT2D eigenvalue weighted by atomic mass is 79.9. The lowest BCUT2D eigenvalue weighted by Gasteiger charge is -2.20. The van der Waals surface area contributed by atoms with Crippen LogP contribution in [0.5, 0.6) is 0 Å². The van der Waals surface area contributed by atoms with Gasteiger partial charge < -0.3 is 13.8 Å². The summed E-state index contributed by atoms with van der Waals surface area (Å²) in [6.45, 7) is 4.62. The van der Waals surface area contributed by atoms with E-state index in [1.807, 2.05) is 18.7 Å². The zero-order chi connectivity index (χ0) is 14.3. The molecule has 1 aliphatic rings. The number of aromatic nitrogens is 2. The molecule has 1 amide bonds. The number of rotatable bonds is 3. The Bertz CT molecular complexity index is 634. The fourth-order valence-corrected chi connectivity index (χ4v) is 2.64. The molecule has 0 aromatic carbocycles. The number of carbonyl (C=O) groups is 1. The average Bonchev–Trinajstić information content (AvgIpc) is 3.06. The van der Waals surface area contributed by atoms with Crippen molar-refractivity contribution in [1.29, 1.82) is 0 Å². The lowest BCUT2D eigenvalue weighted by molar-refractivity contribution is -0.129. The summed E-state index contributed by atoms with van der Waals surface area (Å²) < 4.78 is 11.3. The van der Waals surface area contributed by atoms with Gasteiger partial charge in [-0.2, -0.15) is 4.98 Å². The van der Waals surface area contributed by atoms with Gasteiger partial charge in [-0.15, -0.1) is 0 Å². The number of halogens is 1. The lowest BCUT2D eigenvalue weighted by atomic mass is 10.1. The third kappa shape index (κ3) is 2.37. The molecule has 0 saturated carbocycles. The maximum absolute atomic E-state index is 11.9. The molecule has 3 rings (SSSR count). The molecule has 0 spiro atoms. The monoisotopic (exact) mass is 339 g/mol. The highest BCUT2D eigenvalue weighted by molar-refractivity contribution is 9.10. The van der Waals surface area contributed by atoms with Crippen molar-refractivity contribution in [3.63, 3.8) is 0 Å². The Morgan fingerprint density at radius 3 is 2.85 bits per heavy atom. The Balaban J connectivity index is 1.80. The SMILES string of the molecule is CC(C)N1C[C@H](c2nc(-c3ccc(Br)o3)no2)CC1=O. The van der Waals surface area contributed by atoms with Gasteiger partial charge in [-0.25, -0.2) is 0 Å². The van der Waals surface area contributed by atoms with E-state index in [2.05, 4.69) is 26.1 Å². The van der Waals surface area contributed by atoms with Gasteiger partial charge in [0.1, 0.15) is 0 Å². The van der Waals surface area contributed by atoms with Crippen LogP contribution in [0.4, 0.5) is 0 Å². The maximum Gasteiger partial charge on any atom is 0.238 e. The smallest absolute Gasteiger partial charge is 0.238 e. The molecule has 20 heavy (non-hydrogen) atoms. The first-order valence-electron chi connectivity index (χ1n) is 6.43. The minimum absolute atomic E-state index is 0.0375. The van der Waals surface area contributed by atoms with Crippen LogP contribution in [0.3, 0.4) is 0 Å². The highest BCUT2D eigenvalue weighted by Gasteiger charge is 2.35. The number of likely N-dealkylation sites (tertiary alicyclic amines) is 1. The van der Waals surface area contributed by atoms with Crippen molar-refractivity contribution < 1.29 is 13.7 Å². The third-order valence-electron chi connectivity index (χ3n) is 3.37. The summed E-state index contributed by atoms with van der Waals surface area (Å²) in [4.78, 5) is 18.1. The second-order valence-electron chi connectivity index (χ2n) is 5.10. The van der Waals surface area contributed by atoms with E-state index in [-0.39, 0.29) is 17.9 Å². The van der Waals surface area contributed by atoms with Crippen LogP contribution in [0.2, 0.25) is 0 Å². The van der Waals surface area contributed by atoms with E-state index in [1.165, 1.54) is 0 Å². The van der Waals surface area contributed by atoms with Gasteiger partial charge >= 0.3 is 0 Å². The molecule has 1 saturated heterocycles. The van der Waals surface area contributed by atoms with E-state index in [4.69, 9.17) is 8.94 Å². The van der Waals surface area contributed by atoms with Gasteiger partial charge in [0.05, 0.1) is 5.92 Å². The van der Waals surface area contributed by atoms with Crippen molar-refractivity contribution in [3.8, 4) is 11.6 Å². The van der Waals surface area contributed by atoms with Gasteiger partial charge in [0, 0.05) is 19.0 Å². The third-order valence-corrected chi connectivity index (χ3v) is 3.79. The molecule has 0 N–H and O–H groups in total. The van der Waals surface area contributed by atoms with Crippen molar-refractivity contribution >= 4 is 21.8 Å². The summed E-state index contributed by atoms with van der Waals surface area (Å²) in [6.07, 6.45) is 0.418. The molecule has 0 radical (unpaired) electrons.